The molecular weight excluding hydrogens is 867 g/mol. The number of aliphatic carboxylic acids is 1. The molecule has 0 aliphatic heterocycles. The van der Waals surface area contributed by atoms with E-state index in [2.05, 4.69) is 31.9 Å². The Morgan fingerprint density at radius 3 is 1.77 bits per heavy atom. The number of ketones is 1. The third-order valence-electron chi connectivity index (χ3n) is 9.40. The van der Waals surface area contributed by atoms with Crippen LogP contribution in [0.3, 0.4) is 0 Å². The van der Waals surface area contributed by atoms with Crippen LogP contribution in [-0.2, 0) is 68.6 Å². The lowest BCUT2D eigenvalue weighted by Crippen LogP contribution is -2.58. The molecule has 0 heterocycles. The highest BCUT2D eigenvalue weighted by atomic mass is 16.6. The Balaban J connectivity index is 2.63. The molecule has 22 heteroatoms. The van der Waals surface area contributed by atoms with Crippen LogP contribution in [0.4, 0.5) is 10.5 Å². The fourth-order valence-electron chi connectivity index (χ4n) is 5.58. The predicted octanol–water partition coefficient (Wildman–Crippen LogP) is 1.08. The van der Waals surface area contributed by atoms with E-state index in [0.717, 1.165) is 0 Å². The minimum absolute atomic E-state index is 0.0269. The molecule has 7 amide bonds. The van der Waals surface area contributed by atoms with Gasteiger partial charge < -0.3 is 66.4 Å². The molecule has 66 heavy (non-hydrogen) atoms. The van der Waals surface area contributed by atoms with E-state index < -0.39 is 66.1 Å². The van der Waals surface area contributed by atoms with E-state index in [9.17, 15) is 48.3 Å². The predicted molar refractivity (Wildman–Crippen MR) is 239 cm³/mol. The van der Waals surface area contributed by atoms with Crippen LogP contribution in [0.1, 0.15) is 91.5 Å². The number of amides is 7. The summed E-state index contributed by atoms with van der Waals surface area (Å²) in [6.45, 7) is 10.9. The molecular formula is C44H71N7O15. The average Bonchev–Trinajstić information content (AvgIpc) is 3.27. The molecule has 1 rings (SSSR count). The van der Waals surface area contributed by atoms with Crippen LogP contribution in [0.25, 0.3) is 0 Å². The zero-order chi connectivity index (χ0) is 49.3. The molecule has 1 aromatic carbocycles. The summed E-state index contributed by atoms with van der Waals surface area (Å²) in [5.41, 5.74) is 6.23. The second-order valence-corrected chi connectivity index (χ2v) is 15.7. The highest BCUT2D eigenvalue weighted by molar-refractivity contribution is 5.99. The monoisotopic (exact) mass is 938 g/mol. The molecule has 372 valence electrons. The van der Waals surface area contributed by atoms with Gasteiger partial charge in [0, 0.05) is 50.9 Å². The first-order chi connectivity index (χ1) is 31.4. The molecule has 0 spiro atoms. The second kappa shape index (κ2) is 34.6. The molecule has 0 saturated carbocycles. The van der Waals surface area contributed by atoms with Gasteiger partial charge in [0.15, 0.2) is 0 Å². The van der Waals surface area contributed by atoms with Crippen molar-refractivity contribution in [1.82, 2.24) is 26.6 Å². The van der Waals surface area contributed by atoms with Crippen molar-refractivity contribution < 1.29 is 71.9 Å². The van der Waals surface area contributed by atoms with Crippen molar-refractivity contribution in [3.05, 3.63) is 29.8 Å². The van der Waals surface area contributed by atoms with Crippen LogP contribution >= 0.6 is 0 Å². The van der Waals surface area contributed by atoms with Crippen molar-refractivity contribution in [2.45, 2.75) is 111 Å². The van der Waals surface area contributed by atoms with E-state index in [4.69, 9.17) is 29.4 Å². The number of Topliss-reactive ketones (excluding diaryl/α,β-unsaturated/α-hetero) is 1. The average molecular weight is 938 g/mol. The SMILES string of the molecule is CCC(=O)CCC(=O)NCCOCCOCCOCCOCCC(=O)N[C@H](CCC(=O)O)C(=O)N[C@H](C(=O)N[C@@H](CCCNC(N)=O)C(=O)Nc1ccc(COC(=O)C(C)C)cc1)C(C)C. The van der Waals surface area contributed by atoms with Gasteiger partial charge in [0.1, 0.15) is 30.5 Å². The molecule has 0 radical (unpaired) electrons. The summed E-state index contributed by atoms with van der Waals surface area (Å²) >= 11 is 0. The fourth-order valence-corrected chi connectivity index (χ4v) is 5.58. The Kier molecular flexibility index (Phi) is 30.6. The highest BCUT2D eigenvalue weighted by Crippen LogP contribution is 2.14. The van der Waals surface area contributed by atoms with Crippen LogP contribution in [0.15, 0.2) is 24.3 Å². The first kappa shape index (κ1) is 58.3. The molecule has 22 nitrogen and oxygen atoms in total. The number of carboxylic acids is 1. The summed E-state index contributed by atoms with van der Waals surface area (Å²) in [5, 5.41) is 25.0. The van der Waals surface area contributed by atoms with Gasteiger partial charge >= 0.3 is 18.0 Å². The number of urea groups is 1. The van der Waals surface area contributed by atoms with Crippen molar-refractivity contribution in [2.75, 3.05) is 71.3 Å². The van der Waals surface area contributed by atoms with E-state index in [1.165, 1.54) is 0 Å². The van der Waals surface area contributed by atoms with Crippen molar-refractivity contribution >= 4 is 59.0 Å². The summed E-state index contributed by atoms with van der Waals surface area (Å²) in [7, 11) is 0. The lowest BCUT2D eigenvalue weighted by atomic mass is 10.0. The third kappa shape index (κ3) is 28.3. The topological polar surface area (TPSA) is 318 Å². The van der Waals surface area contributed by atoms with E-state index in [1.54, 1.807) is 58.9 Å². The van der Waals surface area contributed by atoms with Gasteiger partial charge in [0.05, 0.1) is 58.8 Å². The van der Waals surface area contributed by atoms with Crippen LogP contribution in [0.5, 0.6) is 0 Å². The van der Waals surface area contributed by atoms with Crippen LogP contribution in [-0.4, -0.2) is 142 Å². The minimum Gasteiger partial charge on any atom is -0.481 e. The smallest absolute Gasteiger partial charge is 0.312 e. The molecule has 9 N–H and O–H groups in total. The van der Waals surface area contributed by atoms with E-state index in [-0.39, 0.29) is 102 Å². The molecule has 0 aliphatic rings. The van der Waals surface area contributed by atoms with Gasteiger partial charge in [-0.3, -0.25) is 38.4 Å². The number of hydrogen-bond acceptors (Lipinski definition) is 14. The van der Waals surface area contributed by atoms with Gasteiger partial charge in [0.2, 0.25) is 29.5 Å². The Bertz CT molecular complexity index is 1680. The standard InChI is InChI=1S/C44H71N7O15/c1-6-33(52)13-15-36(53)46-19-21-63-23-25-65-27-26-64-24-22-62-20-17-37(54)49-35(14-16-38(55)56)41(58)51-39(29(2)3)42(59)50-34(8-7-18-47-44(45)61)40(57)48-32-11-9-31(10-12-32)28-66-43(60)30(4)5/h9-12,29-30,34-35,39H,6-8,13-28H2,1-5H3,(H,46,53)(H,48,57)(H,49,54)(H,50,59)(H,51,58)(H,55,56)(H3,45,47,61)/t34-,35+,39-/m0/s1. The molecule has 1 aromatic rings. The quantitative estimate of drug-likeness (QED) is 0.0342. The number of carbonyl (C=O) groups excluding carboxylic acids is 8. The number of carboxylic acid groups (broad SMARTS) is 1. The van der Waals surface area contributed by atoms with Gasteiger partial charge in [-0.15, -0.1) is 0 Å². The summed E-state index contributed by atoms with van der Waals surface area (Å²) in [4.78, 5) is 111. The van der Waals surface area contributed by atoms with E-state index in [1.807, 2.05) is 0 Å². The lowest BCUT2D eigenvalue weighted by Gasteiger charge is -2.27. The number of nitrogens with two attached hydrogens (primary N) is 1. The van der Waals surface area contributed by atoms with Crippen molar-refractivity contribution in [3.8, 4) is 0 Å². The zero-order valence-electron chi connectivity index (χ0n) is 38.9. The minimum atomic E-state index is -1.32. The molecule has 0 bridgehead atoms. The summed E-state index contributed by atoms with van der Waals surface area (Å²) in [6.07, 6.45) is 0.208. The van der Waals surface area contributed by atoms with Crippen molar-refractivity contribution in [3.63, 3.8) is 0 Å². The van der Waals surface area contributed by atoms with Gasteiger partial charge in [-0.05, 0) is 42.9 Å². The van der Waals surface area contributed by atoms with Crippen LogP contribution in [0.2, 0.25) is 0 Å². The highest BCUT2D eigenvalue weighted by Gasteiger charge is 2.32. The van der Waals surface area contributed by atoms with Gasteiger partial charge in [-0.1, -0.05) is 46.8 Å². The van der Waals surface area contributed by atoms with Gasteiger partial charge in [-0.25, -0.2) is 4.79 Å². The normalized spacial score (nSPS) is 12.3. The molecule has 3 atom stereocenters. The number of nitrogens with one attached hydrogen (secondary N) is 6. The Labute approximate surface area is 386 Å². The van der Waals surface area contributed by atoms with Crippen molar-refractivity contribution in [2.24, 2.45) is 17.6 Å². The second-order valence-electron chi connectivity index (χ2n) is 15.7. The number of hydrogen-bond donors (Lipinski definition) is 8. The number of carbonyl (C=O) groups is 9. The number of ether oxygens (including phenoxy) is 5. The molecule has 0 fully saturated rings. The number of rotatable bonds is 37. The maximum atomic E-state index is 13.7. The van der Waals surface area contributed by atoms with E-state index >= 15 is 0 Å². The molecule has 0 saturated heterocycles. The maximum absolute atomic E-state index is 13.7. The lowest BCUT2D eigenvalue weighted by molar-refractivity contribution is -0.148. The molecule has 0 aliphatic carbocycles. The Morgan fingerprint density at radius 2 is 1.21 bits per heavy atom. The van der Waals surface area contributed by atoms with Crippen molar-refractivity contribution in [1.29, 1.82) is 0 Å². The summed E-state index contributed by atoms with van der Waals surface area (Å²) in [5.74, 6) is -5.26. The number of anilines is 1. The molecule has 0 aromatic heterocycles. The first-order valence-electron chi connectivity index (χ1n) is 22.2. The Hall–Kier alpha value is -5.71. The summed E-state index contributed by atoms with van der Waals surface area (Å²) in [6, 6.07) is 2.10. The fraction of sp³-hybridized carbons (Fsp3) is 0.659. The number of esters is 1. The maximum Gasteiger partial charge on any atom is 0.312 e. The van der Waals surface area contributed by atoms with Gasteiger partial charge in [0.25, 0.3) is 0 Å². The molecule has 0 unspecified atom stereocenters. The third-order valence-corrected chi connectivity index (χ3v) is 9.40. The number of primary amides is 1. The number of benzene rings is 1. The van der Waals surface area contributed by atoms with E-state index in [0.29, 0.717) is 50.6 Å². The van der Waals surface area contributed by atoms with Crippen LogP contribution in [0, 0.1) is 11.8 Å². The zero-order valence-corrected chi connectivity index (χ0v) is 38.9. The van der Waals surface area contributed by atoms with Crippen LogP contribution < -0.4 is 37.6 Å². The first-order valence-corrected chi connectivity index (χ1v) is 22.2. The summed E-state index contributed by atoms with van der Waals surface area (Å²) < 4.78 is 27.0. The largest absolute Gasteiger partial charge is 0.481 e. The Morgan fingerprint density at radius 1 is 0.621 bits per heavy atom. The van der Waals surface area contributed by atoms with Gasteiger partial charge in [-0.2, -0.15) is 0 Å².